The molecule has 0 saturated heterocycles. The minimum atomic E-state index is -0.762. The van der Waals surface area contributed by atoms with E-state index in [2.05, 4.69) is 6.58 Å². The van der Waals surface area contributed by atoms with Gasteiger partial charge in [-0.3, -0.25) is 0 Å². The molecule has 0 aliphatic heterocycles. The van der Waals surface area contributed by atoms with Crippen molar-refractivity contribution in [3.63, 3.8) is 0 Å². The van der Waals surface area contributed by atoms with Gasteiger partial charge in [0.2, 0.25) is 0 Å². The summed E-state index contributed by atoms with van der Waals surface area (Å²) in [5, 5.41) is 18.4. The number of ether oxygens (including phenoxy) is 1. The van der Waals surface area contributed by atoms with Gasteiger partial charge in [0.15, 0.2) is 0 Å². The summed E-state index contributed by atoms with van der Waals surface area (Å²) in [6.07, 6.45) is 2.77. The van der Waals surface area contributed by atoms with Crippen molar-refractivity contribution in [1.82, 2.24) is 0 Å². The summed E-state index contributed by atoms with van der Waals surface area (Å²) in [6, 6.07) is 0. The third-order valence-electron chi connectivity index (χ3n) is 3.22. The third kappa shape index (κ3) is 3.06. The summed E-state index contributed by atoms with van der Waals surface area (Å²) in [4.78, 5) is 11.4. The molecule has 1 aliphatic rings. The quantitative estimate of drug-likeness (QED) is 0.557. The van der Waals surface area contributed by atoms with Gasteiger partial charge < -0.3 is 14.9 Å². The van der Waals surface area contributed by atoms with Crippen molar-refractivity contribution < 1.29 is 19.7 Å². The number of aliphatic hydroxyl groups is 2. The van der Waals surface area contributed by atoms with E-state index in [1.807, 2.05) is 0 Å². The van der Waals surface area contributed by atoms with Crippen LogP contribution in [0, 0.1) is 5.92 Å². The fourth-order valence-electron chi connectivity index (χ4n) is 1.96. The molecule has 0 heterocycles. The van der Waals surface area contributed by atoms with Crippen molar-refractivity contribution in [3.05, 3.63) is 12.2 Å². The SMILES string of the molecule is C=C(C)C(=O)OC1(CO)CCC(CO)CC1. The van der Waals surface area contributed by atoms with Gasteiger partial charge in [0.05, 0.1) is 6.61 Å². The van der Waals surface area contributed by atoms with E-state index < -0.39 is 11.6 Å². The van der Waals surface area contributed by atoms with Gasteiger partial charge in [-0.05, 0) is 38.5 Å². The maximum absolute atomic E-state index is 11.4. The second kappa shape index (κ2) is 5.46. The number of carbonyl (C=O) groups is 1. The van der Waals surface area contributed by atoms with Gasteiger partial charge in [0.1, 0.15) is 5.60 Å². The van der Waals surface area contributed by atoms with Gasteiger partial charge >= 0.3 is 5.97 Å². The average molecular weight is 228 g/mol. The molecule has 1 rings (SSSR count). The van der Waals surface area contributed by atoms with Crippen molar-refractivity contribution in [3.8, 4) is 0 Å². The van der Waals surface area contributed by atoms with Crippen molar-refractivity contribution >= 4 is 5.97 Å². The second-order valence-electron chi connectivity index (χ2n) is 4.64. The lowest BCUT2D eigenvalue weighted by Crippen LogP contribution is -2.43. The van der Waals surface area contributed by atoms with Crippen LogP contribution in [-0.2, 0) is 9.53 Å². The molecule has 16 heavy (non-hydrogen) atoms. The van der Waals surface area contributed by atoms with E-state index in [4.69, 9.17) is 9.84 Å². The lowest BCUT2D eigenvalue weighted by atomic mass is 9.79. The fraction of sp³-hybridized carbons (Fsp3) is 0.750. The summed E-state index contributed by atoms with van der Waals surface area (Å²) in [7, 11) is 0. The standard InChI is InChI=1S/C12H20O4/c1-9(2)11(15)16-12(8-14)5-3-10(7-13)4-6-12/h10,13-14H,1,3-8H2,2H3. The van der Waals surface area contributed by atoms with Crippen LogP contribution in [0.2, 0.25) is 0 Å². The van der Waals surface area contributed by atoms with Crippen LogP contribution in [0.25, 0.3) is 0 Å². The Balaban J connectivity index is 2.59. The highest BCUT2D eigenvalue weighted by Crippen LogP contribution is 2.34. The number of aliphatic hydroxyl groups excluding tert-OH is 2. The molecule has 1 fully saturated rings. The highest BCUT2D eigenvalue weighted by atomic mass is 16.6. The zero-order valence-electron chi connectivity index (χ0n) is 9.74. The van der Waals surface area contributed by atoms with E-state index in [-0.39, 0.29) is 19.1 Å². The number of carbonyl (C=O) groups excluding carboxylic acids is 1. The summed E-state index contributed by atoms with van der Waals surface area (Å²) < 4.78 is 5.31. The molecule has 1 aliphatic carbocycles. The van der Waals surface area contributed by atoms with Crippen LogP contribution >= 0.6 is 0 Å². The molecule has 0 aromatic heterocycles. The van der Waals surface area contributed by atoms with Crippen LogP contribution in [0.15, 0.2) is 12.2 Å². The van der Waals surface area contributed by atoms with E-state index in [0.29, 0.717) is 18.4 Å². The molecule has 1 saturated carbocycles. The zero-order chi connectivity index (χ0) is 12.2. The predicted octanol–water partition coefficient (Wildman–Crippen LogP) is 1.02. The first-order valence-electron chi connectivity index (χ1n) is 5.63. The smallest absolute Gasteiger partial charge is 0.333 e. The molecule has 4 heteroatoms. The van der Waals surface area contributed by atoms with Crippen molar-refractivity contribution in [2.24, 2.45) is 5.92 Å². The molecular weight excluding hydrogens is 208 g/mol. The molecule has 4 nitrogen and oxygen atoms in total. The topological polar surface area (TPSA) is 66.8 Å². The minimum Gasteiger partial charge on any atom is -0.453 e. The number of esters is 1. The minimum absolute atomic E-state index is 0.163. The Bertz CT molecular complexity index is 264. The summed E-state index contributed by atoms with van der Waals surface area (Å²) in [5.74, 6) is -0.181. The van der Waals surface area contributed by atoms with E-state index in [0.717, 1.165) is 12.8 Å². The summed E-state index contributed by atoms with van der Waals surface area (Å²) in [5.41, 5.74) is -0.418. The second-order valence-corrected chi connectivity index (χ2v) is 4.64. The Labute approximate surface area is 95.9 Å². The third-order valence-corrected chi connectivity index (χ3v) is 3.22. The largest absolute Gasteiger partial charge is 0.453 e. The first-order chi connectivity index (χ1) is 7.53. The zero-order valence-corrected chi connectivity index (χ0v) is 9.74. The highest BCUT2D eigenvalue weighted by Gasteiger charge is 2.38. The number of rotatable bonds is 4. The van der Waals surface area contributed by atoms with Crippen molar-refractivity contribution in [1.29, 1.82) is 0 Å². The first kappa shape index (κ1) is 13.2. The number of hydrogen-bond acceptors (Lipinski definition) is 4. The lowest BCUT2D eigenvalue weighted by molar-refractivity contribution is -0.165. The maximum atomic E-state index is 11.4. The lowest BCUT2D eigenvalue weighted by Gasteiger charge is -2.37. The fourth-order valence-corrected chi connectivity index (χ4v) is 1.96. The van der Waals surface area contributed by atoms with Gasteiger partial charge in [-0.25, -0.2) is 4.79 Å². The molecule has 0 unspecified atom stereocenters. The Morgan fingerprint density at radius 1 is 1.44 bits per heavy atom. The van der Waals surface area contributed by atoms with E-state index >= 15 is 0 Å². The van der Waals surface area contributed by atoms with Crippen LogP contribution < -0.4 is 0 Å². The van der Waals surface area contributed by atoms with Crippen LogP contribution in [0.5, 0.6) is 0 Å². The molecule has 0 spiro atoms. The molecule has 0 aromatic rings. The van der Waals surface area contributed by atoms with E-state index in [1.165, 1.54) is 0 Å². The van der Waals surface area contributed by atoms with Gasteiger partial charge in [-0.2, -0.15) is 0 Å². The molecule has 0 aromatic carbocycles. The Kier molecular flexibility index (Phi) is 4.50. The van der Waals surface area contributed by atoms with Crippen LogP contribution in [0.4, 0.5) is 0 Å². The monoisotopic (exact) mass is 228 g/mol. The van der Waals surface area contributed by atoms with Gasteiger partial charge in [0, 0.05) is 12.2 Å². The van der Waals surface area contributed by atoms with Crippen molar-refractivity contribution in [2.45, 2.75) is 38.2 Å². The molecule has 0 radical (unpaired) electrons. The molecule has 0 bridgehead atoms. The van der Waals surface area contributed by atoms with E-state index in [9.17, 15) is 9.90 Å². The number of hydrogen-bond donors (Lipinski definition) is 2. The molecule has 2 N–H and O–H groups in total. The molecular formula is C12H20O4. The summed E-state index contributed by atoms with van der Waals surface area (Å²) in [6.45, 7) is 5.11. The predicted molar refractivity (Wildman–Crippen MR) is 59.8 cm³/mol. The molecule has 92 valence electrons. The van der Waals surface area contributed by atoms with E-state index in [1.54, 1.807) is 6.92 Å². The van der Waals surface area contributed by atoms with Gasteiger partial charge in [0.25, 0.3) is 0 Å². The molecule has 0 atom stereocenters. The van der Waals surface area contributed by atoms with Gasteiger partial charge in [-0.1, -0.05) is 6.58 Å². The highest BCUT2D eigenvalue weighted by molar-refractivity contribution is 5.87. The van der Waals surface area contributed by atoms with Crippen molar-refractivity contribution in [2.75, 3.05) is 13.2 Å². The summed E-state index contributed by atoms with van der Waals surface area (Å²) >= 11 is 0. The Morgan fingerprint density at radius 3 is 2.38 bits per heavy atom. The Hall–Kier alpha value is -0.870. The van der Waals surface area contributed by atoms with Crippen LogP contribution in [-0.4, -0.2) is 35.0 Å². The Morgan fingerprint density at radius 2 is 2.00 bits per heavy atom. The molecule has 0 amide bonds. The van der Waals surface area contributed by atoms with Crippen LogP contribution in [0.1, 0.15) is 32.6 Å². The van der Waals surface area contributed by atoms with Gasteiger partial charge in [-0.15, -0.1) is 0 Å². The normalized spacial score (nSPS) is 29.8. The average Bonchev–Trinajstić information content (AvgIpc) is 2.29. The maximum Gasteiger partial charge on any atom is 0.333 e. The van der Waals surface area contributed by atoms with Crippen LogP contribution in [0.3, 0.4) is 0 Å². The first-order valence-corrected chi connectivity index (χ1v) is 5.63.